The standard InChI is InChI=1S/C24H30N6/c1-18-22(26-16-25-18)20-10-14-30(15-11-20)24-21(19-8-4-2-5-9-19)23(27-17-28-24)29-12-6-3-7-13-29/h2,4-5,8-9,16-17,20H,3,6-7,10-15H2,1H3,(H,25,26). The normalized spacial score (nSPS) is 18.0. The van der Waals surface area contributed by atoms with Gasteiger partial charge in [0.2, 0.25) is 0 Å². The second kappa shape index (κ2) is 8.46. The average molecular weight is 403 g/mol. The second-order valence-corrected chi connectivity index (χ2v) is 8.48. The smallest absolute Gasteiger partial charge is 0.142 e. The Labute approximate surface area is 178 Å². The van der Waals surface area contributed by atoms with Crippen LogP contribution in [0.15, 0.2) is 43.0 Å². The van der Waals surface area contributed by atoms with Crippen molar-refractivity contribution in [3.63, 3.8) is 0 Å². The summed E-state index contributed by atoms with van der Waals surface area (Å²) in [5.74, 6) is 2.70. The van der Waals surface area contributed by atoms with Gasteiger partial charge in [0.1, 0.15) is 18.0 Å². The molecular weight excluding hydrogens is 372 g/mol. The Hall–Kier alpha value is -2.89. The molecule has 1 aromatic carbocycles. The first-order valence-electron chi connectivity index (χ1n) is 11.2. The van der Waals surface area contributed by atoms with Crippen molar-refractivity contribution in [2.24, 2.45) is 0 Å². The third-order valence-electron chi connectivity index (χ3n) is 6.58. The van der Waals surface area contributed by atoms with E-state index in [1.807, 2.05) is 6.33 Å². The fourth-order valence-corrected chi connectivity index (χ4v) is 4.96. The van der Waals surface area contributed by atoms with Gasteiger partial charge in [0.05, 0.1) is 17.6 Å². The Morgan fingerprint density at radius 1 is 0.833 bits per heavy atom. The van der Waals surface area contributed by atoms with E-state index in [1.165, 1.54) is 41.8 Å². The first-order chi connectivity index (χ1) is 14.8. The summed E-state index contributed by atoms with van der Waals surface area (Å²) in [5.41, 5.74) is 4.83. The molecule has 1 N–H and O–H groups in total. The van der Waals surface area contributed by atoms with E-state index in [0.29, 0.717) is 5.92 Å². The maximum Gasteiger partial charge on any atom is 0.142 e. The van der Waals surface area contributed by atoms with Crippen molar-refractivity contribution >= 4 is 11.6 Å². The third kappa shape index (κ3) is 3.66. The van der Waals surface area contributed by atoms with Crippen LogP contribution in [-0.2, 0) is 0 Å². The number of aryl methyl sites for hydroxylation is 1. The summed E-state index contributed by atoms with van der Waals surface area (Å²) in [5, 5.41) is 0. The molecule has 2 aliphatic heterocycles. The van der Waals surface area contributed by atoms with E-state index in [1.54, 1.807) is 6.33 Å². The highest BCUT2D eigenvalue weighted by atomic mass is 15.2. The first kappa shape index (κ1) is 19.1. The summed E-state index contributed by atoms with van der Waals surface area (Å²) < 4.78 is 0. The summed E-state index contributed by atoms with van der Waals surface area (Å²) >= 11 is 0. The minimum atomic E-state index is 0.524. The van der Waals surface area contributed by atoms with Crippen LogP contribution in [0.5, 0.6) is 0 Å². The molecular formula is C24H30N6. The van der Waals surface area contributed by atoms with Crippen molar-refractivity contribution in [3.05, 3.63) is 54.4 Å². The Bertz CT molecular complexity index is 968. The van der Waals surface area contributed by atoms with E-state index < -0.39 is 0 Å². The van der Waals surface area contributed by atoms with Gasteiger partial charge in [0, 0.05) is 37.8 Å². The predicted octanol–water partition coefficient (Wildman–Crippen LogP) is 4.55. The lowest BCUT2D eigenvalue weighted by atomic mass is 9.92. The number of aromatic nitrogens is 4. The van der Waals surface area contributed by atoms with Crippen molar-refractivity contribution in [1.82, 2.24) is 19.9 Å². The largest absolute Gasteiger partial charge is 0.356 e. The quantitative estimate of drug-likeness (QED) is 0.694. The SMILES string of the molecule is Cc1[nH]cnc1C1CCN(c2ncnc(N3CCCCC3)c2-c2ccccc2)CC1. The predicted molar refractivity (Wildman–Crippen MR) is 121 cm³/mol. The zero-order chi connectivity index (χ0) is 20.3. The molecule has 0 aliphatic carbocycles. The molecule has 0 atom stereocenters. The fourth-order valence-electron chi connectivity index (χ4n) is 4.96. The minimum absolute atomic E-state index is 0.524. The fraction of sp³-hybridized carbons (Fsp3) is 0.458. The molecule has 2 aromatic heterocycles. The van der Waals surface area contributed by atoms with E-state index >= 15 is 0 Å². The van der Waals surface area contributed by atoms with Crippen LogP contribution in [0.3, 0.4) is 0 Å². The maximum atomic E-state index is 4.81. The Balaban J connectivity index is 1.47. The highest BCUT2D eigenvalue weighted by molar-refractivity contribution is 5.85. The van der Waals surface area contributed by atoms with Crippen molar-refractivity contribution in [3.8, 4) is 11.1 Å². The first-order valence-corrected chi connectivity index (χ1v) is 11.2. The number of imidazole rings is 1. The lowest BCUT2D eigenvalue weighted by Crippen LogP contribution is -2.35. The number of anilines is 2. The lowest BCUT2D eigenvalue weighted by Gasteiger charge is -2.35. The highest BCUT2D eigenvalue weighted by Gasteiger charge is 2.28. The van der Waals surface area contributed by atoms with Gasteiger partial charge in [-0.3, -0.25) is 0 Å². The van der Waals surface area contributed by atoms with Crippen molar-refractivity contribution in [2.75, 3.05) is 36.0 Å². The van der Waals surface area contributed by atoms with E-state index in [2.05, 4.69) is 57.0 Å². The van der Waals surface area contributed by atoms with Crippen LogP contribution in [0.25, 0.3) is 11.1 Å². The molecule has 30 heavy (non-hydrogen) atoms. The van der Waals surface area contributed by atoms with Crippen molar-refractivity contribution in [2.45, 2.75) is 44.9 Å². The Morgan fingerprint density at radius 2 is 1.50 bits per heavy atom. The number of hydrogen-bond acceptors (Lipinski definition) is 5. The van der Waals surface area contributed by atoms with Crippen LogP contribution in [-0.4, -0.2) is 46.1 Å². The molecule has 5 rings (SSSR count). The molecule has 0 spiro atoms. The van der Waals surface area contributed by atoms with E-state index in [-0.39, 0.29) is 0 Å². The molecule has 156 valence electrons. The summed E-state index contributed by atoms with van der Waals surface area (Å²) in [6, 6.07) is 10.7. The molecule has 4 heterocycles. The lowest BCUT2D eigenvalue weighted by molar-refractivity contribution is 0.493. The molecule has 3 aromatic rings. The molecule has 6 heteroatoms. The van der Waals surface area contributed by atoms with E-state index in [4.69, 9.17) is 9.97 Å². The van der Waals surface area contributed by atoms with Gasteiger partial charge >= 0.3 is 0 Å². The van der Waals surface area contributed by atoms with Crippen molar-refractivity contribution < 1.29 is 0 Å². The average Bonchev–Trinajstić information content (AvgIpc) is 3.25. The molecule has 2 aliphatic rings. The van der Waals surface area contributed by atoms with Gasteiger partial charge in [0.25, 0.3) is 0 Å². The zero-order valence-electron chi connectivity index (χ0n) is 17.7. The highest BCUT2D eigenvalue weighted by Crippen LogP contribution is 2.39. The number of nitrogens with one attached hydrogen (secondary N) is 1. The van der Waals surface area contributed by atoms with Gasteiger partial charge in [-0.15, -0.1) is 0 Å². The summed E-state index contributed by atoms with van der Waals surface area (Å²) in [6.07, 6.45) is 9.57. The number of benzene rings is 1. The third-order valence-corrected chi connectivity index (χ3v) is 6.58. The van der Waals surface area contributed by atoms with Gasteiger partial charge < -0.3 is 14.8 Å². The van der Waals surface area contributed by atoms with Gasteiger partial charge in [-0.1, -0.05) is 30.3 Å². The second-order valence-electron chi connectivity index (χ2n) is 8.48. The maximum absolute atomic E-state index is 4.81. The molecule has 2 saturated heterocycles. The topological polar surface area (TPSA) is 60.9 Å². The van der Waals surface area contributed by atoms with Gasteiger partial charge in [-0.05, 0) is 44.6 Å². The van der Waals surface area contributed by atoms with Gasteiger partial charge in [0.15, 0.2) is 0 Å². The minimum Gasteiger partial charge on any atom is -0.356 e. The molecule has 0 saturated carbocycles. The van der Waals surface area contributed by atoms with E-state index in [9.17, 15) is 0 Å². The zero-order valence-corrected chi connectivity index (χ0v) is 17.7. The van der Waals surface area contributed by atoms with Crippen LogP contribution in [0, 0.1) is 6.92 Å². The van der Waals surface area contributed by atoms with Crippen LogP contribution < -0.4 is 9.80 Å². The molecule has 0 bridgehead atoms. The Morgan fingerprint density at radius 3 is 2.13 bits per heavy atom. The van der Waals surface area contributed by atoms with Crippen LogP contribution in [0.2, 0.25) is 0 Å². The molecule has 2 fully saturated rings. The van der Waals surface area contributed by atoms with Crippen LogP contribution in [0.1, 0.15) is 49.4 Å². The summed E-state index contributed by atoms with van der Waals surface area (Å²) in [7, 11) is 0. The summed E-state index contributed by atoms with van der Waals surface area (Å²) in [4.78, 5) is 22.3. The number of hydrogen-bond donors (Lipinski definition) is 1. The number of rotatable bonds is 4. The number of nitrogens with zero attached hydrogens (tertiary/aromatic N) is 5. The van der Waals surface area contributed by atoms with Gasteiger partial charge in [-0.2, -0.15) is 0 Å². The molecule has 0 radical (unpaired) electrons. The number of aromatic amines is 1. The van der Waals surface area contributed by atoms with Crippen LogP contribution in [0.4, 0.5) is 11.6 Å². The summed E-state index contributed by atoms with van der Waals surface area (Å²) in [6.45, 7) is 6.27. The van der Waals surface area contributed by atoms with Crippen LogP contribution >= 0.6 is 0 Å². The number of H-pyrrole nitrogens is 1. The molecule has 0 amide bonds. The Kier molecular flexibility index (Phi) is 5.39. The number of piperidine rings is 2. The molecule has 6 nitrogen and oxygen atoms in total. The van der Waals surface area contributed by atoms with Crippen molar-refractivity contribution in [1.29, 1.82) is 0 Å². The monoisotopic (exact) mass is 402 g/mol. The van der Waals surface area contributed by atoms with E-state index in [0.717, 1.165) is 50.7 Å². The van der Waals surface area contributed by atoms with Gasteiger partial charge in [-0.25, -0.2) is 15.0 Å². The molecule has 0 unspecified atom stereocenters.